The summed E-state index contributed by atoms with van der Waals surface area (Å²) in [4.78, 5) is 22.6. The minimum Gasteiger partial charge on any atom is -0.450 e. The summed E-state index contributed by atoms with van der Waals surface area (Å²) in [7, 11) is 0. The summed E-state index contributed by atoms with van der Waals surface area (Å²) in [5.74, 6) is 0.0672. The molecule has 3 fully saturated rings. The molecule has 1 atom stereocenters. The number of amides is 1. The van der Waals surface area contributed by atoms with Crippen molar-refractivity contribution in [2.24, 2.45) is 5.41 Å². The molecule has 184 valence electrons. The molecule has 2 aliphatic heterocycles. The van der Waals surface area contributed by atoms with E-state index in [2.05, 4.69) is 19.9 Å². The van der Waals surface area contributed by atoms with Crippen LogP contribution in [0.25, 0.3) is 11.1 Å². The van der Waals surface area contributed by atoms with E-state index in [-0.39, 0.29) is 11.5 Å². The number of carbonyl (C=O) groups excluding carboxylic acids is 1. The largest absolute Gasteiger partial charge is 0.450 e. The van der Waals surface area contributed by atoms with Crippen molar-refractivity contribution in [3.05, 3.63) is 30.5 Å². The van der Waals surface area contributed by atoms with Gasteiger partial charge in [0.2, 0.25) is 0 Å². The summed E-state index contributed by atoms with van der Waals surface area (Å²) < 4.78 is 45.6. The SMILES string of the molecule is CCOC(=O)N1CC2(CC[C@@H](N3CCN(c4ncc(F)cc4-c4cnn(C(F)F)c4)CC3)C2)C1. The Morgan fingerprint density at radius 1 is 1.24 bits per heavy atom. The van der Waals surface area contributed by atoms with E-state index in [1.807, 2.05) is 6.92 Å². The molecule has 0 unspecified atom stereocenters. The highest BCUT2D eigenvalue weighted by molar-refractivity contribution is 5.75. The van der Waals surface area contributed by atoms with Gasteiger partial charge in [0, 0.05) is 68.0 Å². The molecule has 1 aliphatic carbocycles. The lowest BCUT2D eigenvalue weighted by molar-refractivity contribution is -0.00294. The van der Waals surface area contributed by atoms with E-state index >= 15 is 0 Å². The Bertz CT molecular complexity index is 1030. The number of carbonyl (C=O) groups is 1. The molecule has 2 aromatic heterocycles. The Kier molecular flexibility index (Phi) is 6.13. The number of hydrogen-bond acceptors (Lipinski definition) is 6. The van der Waals surface area contributed by atoms with E-state index in [0.29, 0.717) is 47.4 Å². The van der Waals surface area contributed by atoms with Crippen molar-refractivity contribution < 1.29 is 22.7 Å². The summed E-state index contributed by atoms with van der Waals surface area (Å²) in [6.07, 6.45) is 6.79. The summed E-state index contributed by atoms with van der Waals surface area (Å²) in [6.45, 7) is 4.13. The number of halogens is 3. The number of hydrogen-bond donors (Lipinski definition) is 0. The van der Waals surface area contributed by atoms with Gasteiger partial charge in [-0.05, 0) is 32.3 Å². The number of pyridine rings is 1. The van der Waals surface area contributed by atoms with Crippen LogP contribution in [0.5, 0.6) is 0 Å². The zero-order valence-corrected chi connectivity index (χ0v) is 19.2. The Morgan fingerprint density at radius 3 is 2.68 bits per heavy atom. The highest BCUT2D eigenvalue weighted by Gasteiger charge is 2.51. The zero-order chi connectivity index (χ0) is 23.9. The van der Waals surface area contributed by atoms with Gasteiger partial charge in [0.15, 0.2) is 0 Å². The van der Waals surface area contributed by atoms with E-state index in [9.17, 15) is 18.0 Å². The zero-order valence-electron chi connectivity index (χ0n) is 19.2. The van der Waals surface area contributed by atoms with Gasteiger partial charge in [-0.2, -0.15) is 13.9 Å². The van der Waals surface area contributed by atoms with Gasteiger partial charge in [-0.3, -0.25) is 4.90 Å². The third-order valence-electron chi connectivity index (χ3n) is 7.33. The number of ether oxygens (including phenoxy) is 1. The van der Waals surface area contributed by atoms with E-state index in [4.69, 9.17) is 4.74 Å². The molecule has 3 aliphatic rings. The number of likely N-dealkylation sites (tertiary alicyclic amines) is 1. The molecule has 2 aromatic rings. The number of alkyl halides is 2. The highest BCUT2D eigenvalue weighted by Crippen LogP contribution is 2.47. The number of piperazine rings is 1. The molecular weight excluding hydrogens is 449 g/mol. The van der Waals surface area contributed by atoms with Gasteiger partial charge in [0.25, 0.3) is 0 Å². The van der Waals surface area contributed by atoms with Crippen LogP contribution in [0.3, 0.4) is 0 Å². The second-order valence-corrected chi connectivity index (χ2v) is 9.49. The molecule has 1 amide bonds. The Hall–Kier alpha value is -2.82. The van der Waals surface area contributed by atoms with Crippen molar-refractivity contribution >= 4 is 11.9 Å². The topological polar surface area (TPSA) is 66.7 Å². The smallest absolute Gasteiger partial charge is 0.409 e. The first kappa shape index (κ1) is 22.9. The van der Waals surface area contributed by atoms with Crippen LogP contribution in [-0.2, 0) is 4.74 Å². The molecule has 0 radical (unpaired) electrons. The van der Waals surface area contributed by atoms with Crippen molar-refractivity contribution in [3.63, 3.8) is 0 Å². The fourth-order valence-electron chi connectivity index (χ4n) is 5.66. The predicted molar refractivity (Wildman–Crippen MR) is 119 cm³/mol. The Morgan fingerprint density at radius 2 is 2.00 bits per heavy atom. The maximum absolute atomic E-state index is 14.0. The van der Waals surface area contributed by atoms with Gasteiger partial charge in [-0.15, -0.1) is 0 Å². The number of rotatable bonds is 5. The fourth-order valence-corrected chi connectivity index (χ4v) is 5.66. The van der Waals surface area contributed by atoms with E-state index in [1.54, 1.807) is 4.90 Å². The average Bonchev–Trinajstić information content (AvgIpc) is 3.47. The van der Waals surface area contributed by atoms with Crippen molar-refractivity contribution in [3.8, 4) is 11.1 Å². The van der Waals surface area contributed by atoms with Crippen molar-refractivity contribution in [1.82, 2.24) is 24.6 Å². The minimum absolute atomic E-state index is 0.213. The maximum atomic E-state index is 14.0. The summed E-state index contributed by atoms with van der Waals surface area (Å²) >= 11 is 0. The summed E-state index contributed by atoms with van der Waals surface area (Å²) in [5.41, 5.74) is 1.10. The van der Waals surface area contributed by atoms with Crippen molar-refractivity contribution in [2.75, 3.05) is 50.8 Å². The second kappa shape index (κ2) is 9.09. The molecule has 34 heavy (non-hydrogen) atoms. The van der Waals surface area contributed by atoms with Gasteiger partial charge in [0.1, 0.15) is 11.6 Å². The van der Waals surface area contributed by atoms with Crippen LogP contribution in [0.4, 0.5) is 23.8 Å². The first-order valence-electron chi connectivity index (χ1n) is 11.8. The summed E-state index contributed by atoms with van der Waals surface area (Å²) in [6, 6.07) is 1.81. The van der Waals surface area contributed by atoms with Gasteiger partial charge in [0.05, 0.1) is 19.0 Å². The van der Waals surface area contributed by atoms with E-state index in [0.717, 1.165) is 51.6 Å². The lowest BCUT2D eigenvalue weighted by atomic mass is 9.78. The van der Waals surface area contributed by atoms with Crippen LogP contribution in [0.2, 0.25) is 0 Å². The summed E-state index contributed by atoms with van der Waals surface area (Å²) in [5, 5.41) is 3.68. The first-order chi connectivity index (χ1) is 16.4. The van der Waals surface area contributed by atoms with Crippen molar-refractivity contribution in [2.45, 2.75) is 38.8 Å². The third-order valence-corrected chi connectivity index (χ3v) is 7.33. The van der Waals surface area contributed by atoms with Gasteiger partial charge in [-0.1, -0.05) is 0 Å². The van der Waals surface area contributed by atoms with Gasteiger partial charge < -0.3 is 14.5 Å². The first-order valence-corrected chi connectivity index (χ1v) is 11.8. The van der Waals surface area contributed by atoms with E-state index in [1.165, 1.54) is 18.5 Å². The lowest BCUT2D eigenvalue weighted by Crippen LogP contribution is -2.58. The highest BCUT2D eigenvalue weighted by atomic mass is 19.3. The van der Waals surface area contributed by atoms with Crippen LogP contribution >= 0.6 is 0 Å². The Labute approximate surface area is 196 Å². The molecule has 0 bridgehead atoms. The monoisotopic (exact) mass is 478 g/mol. The van der Waals surface area contributed by atoms with Crippen LogP contribution in [0, 0.1) is 11.2 Å². The predicted octanol–water partition coefficient (Wildman–Crippen LogP) is 3.61. The molecule has 0 aromatic carbocycles. The van der Waals surface area contributed by atoms with Crippen LogP contribution < -0.4 is 4.90 Å². The average molecular weight is 479 g/mol. The second-order valence-electron chi connectivity index (χ2n) is 9.49. The van der Waals surface area contributed by atoms with Gasteiger partial charge in [-0.25, -0.2) is 18.9 Å². The quantitative estimate of drug-likeness (QED) is 0.654. The molecule has 1 spiro atoms. The minimum atomic E-state index is -2.75. The number of nitrogens with zero attached hydrogens (tertiary/aromatic N) is 6. The van der Waals surface area contributed by atoms with Gasteiger partial charge >= 0.3 is 12.6 Å². The standard InChI is InChI=1S/C23H29F3N6O2/c1-2-34-22(33)31-14-23(15-31)4-3-18(10-23)29-5-7-30(8-6-29)20-19(9-17(24)12-27-20)16-11-28-32(13-16)21(25)26/h9,11-13,18,21H,2-8,10,14-15H2,1H3/t18-/m1/s1. The van der Waals surface area contributed by atoms with Crippen LogP contribution in [0.1, 0.15) is 32.7 Å². The lowest BCUT2D eigenvalue weighted by Gasteiger charge is -2.48. The van der Waals surface area contributed by atoms with Crippen LogP contribution in [-0.4, -0.2) is 82.6 Å². The third kappa shape index (κ3) is 4.33. The molecule has 11 heteroatoms. The molecule has 8 nitrogen and oxygen atoms in total. The molecular formula is C23H29F3N6O2. The molecule has 5 rings (SSSR count). The van der Waals surface area contributed by atoms with Crippen molar-refractivity contribution in [1.29, 1.82) is 0 Å². The maximum Gasteiger partial charge on any atom is 0.409 e. The number of aromatic nitrogens is 3. The number of anilines is 1. The molecule has 2 saturated heterocycles. The normalized spacial score (nSPS) is 22.4. The fraction of sp³-hybridized carbons (Fsp3) is 0.609. The Balaban J connectivity index is 1.21. The van der Waals surface area contributed by atoms with Crippen LogP contribution in [0.15, 0.2) is 24.7 Å². The van der Waals surface area contributed by atoms with E-state index < -0.39 is 12.4 Å². The molecule has 1 saturated carbocycles. The molecule has 0 N–H and O–H groups in total. The molecule has 4 heterocycles.